The van der Waals surface area contributed by atoms with Crippen molar-refractivity contribution >= 4 is 86.2 Å². The molecule has 3 aromatic carbocycles. The van der Waals surface area contributed by atoms with Crippen LogP contribution in [-0.4, -0.2) is 347 Å². The summed E-state index contributed by atoms with van der Waals surface area (Å²) in [6.45, 7) is 17.4. The molecule has 2 aromatic heterocycles. The second-order valence-electron chi connectivity index (χ2n) is 27.9. The number of ketones is 2. The number of nitrogens with zero attached hydrogens (tertiary/aromatic N) is 3. The lowest BCUT2D eigenvalue weighted by atomic mass is 9.90. The number of phenols is 1. The van der Waals surface area contributed by atoms with Crippen molar-refractivity contribution in [3.63, 3.8) is 0 Å². The standard InChI is InChI=1S/C87H123N9O31S/c88-86-95-81-80(83(102)96-86)92-67(63-91-81)62-90-65-7-5-64(6-8-65)82(101)94-76(85(105)106)16-12-68(97)4-2-19-107-21-23-109-25-27-111-29-31-113-33-35-115-37-39-117-41-43-119-45-47-121-49-51-123-53-55-125-57-58-126-56-54-124-52-50-122-48-46-120-44-42-118-40-38-116-36-34-114-32-30-112-28-26-110-24-22-108-20-17-69(98)3-1-18-89-87(128)93-66-9-13-72(75(59-66)84(103)104)79-73-14-10-70(99)60-77(73)127-78-61-71(100)11-15-74(78)79/h5-11,13-15,59-61,63,76,90,99H,1-4,12,16-58,62H2,(H,94,101)(H,103,104)(H,105,106)(H2,89,93,128)(H3,88,91,95,96,102)/t76-/m0/s1. The minimum Gasteiger partial charge on any atom is -0.508 e. The van der Waals surface area contributed by atoms with Crippen LogP contribution < -0.4 is 38.0 Å². The van der Waals surface area contributed by atoms with E-state index >= 15 is 0 Å². The van der Waals surface area contributed by atoms with Crippen LogP contribution in [0.1, 0.15) is 71.4 Å². The first-order valence-corrected chi connectivity index (χ1v) is 43.1. The van der Waals surface area contributed by atoms with Crippen molar-refractivity contribution in [2.75, 3.05) is 287 Å². The van der Waals surface area contributed by atoms with Gasteiger partial charge in [-0.1, -0.05) is 6.07 Å². The average Bonchev–Trinajstić information content (AvgIpc) is 0.747. The summed E-state index contributed by atoms with van der Waals surface area (Å²) >= 11 is 5.45. The summed E-state index contributed by atoms with van der Waals surface area (Å²) in [6.07, 6.45) is 3.17. The van der Waals surface area contributed by atoms with E-state index < -0.39 is 29.4 Å². The highest BCUT2D eigenvalue weighted by Crippen LogP contribution is 2.42. The van der Waals surface area contributed by atoms with Crippen LogP contribution in [-0.2, 0) is 116 Å². The third-order valence-corrected chi connectivity index (χ3v) is 18.4. The number of thiocarbonyl (C=S) groups is 1. The Morgan fingerprint density at radius 2 is 0.883 bits per heavy atom. The molecule has 0 radical (unpaired) electrons. The summed E-state index contributed by atoms with van der Waals surface area (Å²) in [5, 5.41) is 42.6. The Hall–Kier alpha value is -9.39. The molecule has 128 heavy (non-hydrogen) atoms. The maximum atomic E-state index is 12.9. The molecule has 10 N–H and O–H groups in total. The molecule has 1 aliphatic heterocycles. The van der Waals surface area contributed by atoms with Gasteiger partial charge in [-0.05, 0) is 97.7 Å². The molecule has 5 aromatic rings. The summed E-state index contributed by atoms with van der Waals surface area (Å²) in [7, 11) is 0. The van der Waals surface area contributed by atoms with E-state index in [-0.39, 0.29) is 106 Å². The van der Waals surface area contributed by atoms with Crippen molar-refractivity contribution in [3.05, 3.63) is 122 Å². The Kier molecular flexibility index (Phi) is 55.2. The topological polar surface area (TPSA) is 507 Å². The Morgan fingerprint density at radius 3 is 1.34 bits per heavy atom. The smallest absolute Gasteiger partial charge is 0.336 e. The van der Waals surface area contributed by atoms with Gasteiger partial charge in [-0.2, -0.15) is 4.98 Å². The zero-order valence-electron chi connectivity index (χ0n) is 72.4. The van der Waals surface area contributed by atoms with E-state index in [1.807, 2.05) is 0 Å². The second-order valence-corrected chi connectivity index (χ2v) is 28.3. The highest BCUT2D eigenvalue weighted by Gasteiger charge is 2.25. The number of phenolic OH excluding ortho intramolecular Hbond substituents is 1. The number of Topliss-reactive ketones (excluding diaryl/α,β-unsaturated/α-hetero) is 2. The van der Waals surface area contributed by atoms with Gasteiger partial charge in [0, 0.05) is 84.4 Å². The van der Waals surface area contributed by atoms with Gasteiger partial charge >= 0.3 is 11.9 Å². The molecular formula is C87H123N9O31S. The second kappa shape index (κ2) is 66.9. The monoisotopic (exact) mass is 1820 g/mol. The van der Waals surface area contributed by atoms with Crippen molar-refractivity contribution in [3.8, 4) is 28.2 Å². The van der Waals surface area contributed by atoms with Crippen molar-refractivity contribution in [1.82, 2.24) is 30.6 Å². The Morgan fingerprint density at radius 1 is 0.461 bits per heavy atom. The van der Waals surface area contributed by atoms with Gasteiger partial charge in [-0.3, -0.25) is 29.0 Å². The number of carboxylic acid groups (broad SMARTS) is 2. The number of carbonyl (C=O) groups is 5. The van der Waals surface area contributed by atoms with Crippen LogP contribution in [0, 0.1) is 0 Å². The van der Waals surface area contributed by atoms with Crippen LogP contribution >= 0.6 is 12.2 Å². The van der Waals surface area contributed by atoms with Gasteiger partial charge in [-0.15, -0.1) is 0 Å². The van der Waals surface area contributed by atoms with Crippen LogP contribution in [0.15, 0.2) is 99.1 Å². The molecule has 1 aliphatic carbocycles. The number of aromatic nitrogens is 4. The van der Waals surface area contributed by atoms with Gasteiger partial charge in [0.15, 0.2) is 21.7 Å². The van der Waals surface area contributed by atoms with Crippen LogP contribution in [0.4, 0.5) is 17.3 Å². The number of aromatic amines is 1. The maximum absolute atomic E-state index is 12.9. The number of aromatic hydroxyl groups is 1. The van der Waals surface area contributed by atoms with Crippen molar-refractivity contribution in [2.45, 2.75) is 57.5 Å². The number of benzene rings is 4. The van der Waals surface area contributed by atoms with E-state index in [1.54, 1.807) is 36.4 Å². The SMILES string of the molecule is Nc1nc2ncc(CNc3ccc(C(=O)N[C@@H](CCC(=O)CCCOCCOCCOCCOCCOCCOCCOCCOCCOCCOCCOCCOCCOCCOCCOCCOCCOCCOCCOCCOCCC(=O)CCCNC(=S)Nc4ccc(-c5c6ccc(=O)cc-6oc6cc(O)ccc56)c(C(=O)O)c4)C(=O)O)cc3)nc2c(=O)[nH]1. The van der Waals surface area contributed by atoms with Gasteiger partial charge in [0.2, 0.25) is 5.95 Å². The first-order chi connectivity index (χ1) is 62.6. The van der Waals surface area contributed by atoms with Gasteiger partial charge in [0.1, 0.15) is 34.7 Å². The first kappa shape index (κ1) is 106. The molecule has 7 rings (SSSR count). The summed E-state index contributed by atoms with van der Waals surface area (Å²) < 4.78 is 117. The number of ether oxygens (including phenoxy) is 20. The van der Waals surface area contributed by atoms with E-state index in [0.717, 1.165) is 0 Å². The number of carboxylic acids is 2. The molecule has 2 aliphatic rings. The maximum Gasteiger partial charge on any atom is 0.336 e. The number of hydrogen-bond acceptors (Lipinski definition) is 35. The number of aliphatic carboxylic acids is 1. The minimum atomic E-state index is -1.26. The number of carbonyl (C=O) groups excluding carboxylic acids is 3. The first-order valence-electron chi connectivity index (χ1n) is 42.7. The van der Waals surface area contributed by atoms with Gasteiger partial charge < -0.3 is 141 Å². The predicted molar refractivity (Wildman–Crippen MR) is 471 cm³/mol. The van der Waals surface area contributed by atoms with Crippen molar-refractivity contribution in [1.29, 1.82) is 0 Å². The lowest BCUT2D eigenvalue weighted by Crippen LogP contribution is -2.41. The van der Waals surface area contributed by atoms with E-state index in [9.17, 15) is 48.9 Å². The van der Waals surface area contributed by atoms with Gasteiger partial charge in [0.05, 0.1) is 282 Å². The molecule has 41 heteroatoms. The van der Waals surface area contributed by atoms with E-state index in [0.29, 0.717) is 323 Å². The number of rotatable bonds is 80. The summed E-state index contributed by atoms with van der Waals surface area (Å²) in [4.78, 5) is 101. The molecule has 3 heterocycles. The van der Waals surface area contributed by atoms with Crippen molar-refractivity contribution < 1.29 is 138 Å². The molecule has 0 saturated heterocycles. The van der Waals surface area contributed by atoms with E-state index in [1.165, 1.54) is 48.7 Å². The highest BCUT2D eigenvalue weighted by molar-refractivity contribution is 7.80. The molecule has 0 saturated carbocycles. The molecule has 40 nitrogen and oxygen atoms in total. The minimum absolute atomic E-state index is 0.0211. The van der Waals surface area contributed by atoms with Crippen LogP contribution in [0.25, 0.3) is 44.6 Å². The Balaban J connectivity index is 0.493. The molecule has 0 bridgehead atoms. The zero-order valence-corrected chi connectivity index (χ0v) is 73.2. The fourth-order valence-corrected chi connectivity index (χ4v) is 11.9. The van der Waals surface area contributed by atoms with E-state index in [4.69, 9.17) is 117 Å². The lowest BCUT2D eigenvalue weighted by molar-refractivity contribution is -0.139. The third-order valence-electron chi connectivity index (χ3n) is 18.1. The molecule has 0 spiro atoms. The fraction of sp³-hybridized carbons (Fsp3) is 0.575. The summed E-state index contributed by atoms with van der Waals surface area (Å²) in [5.74, 6) is -2.98. The average molecular weight is 1820 g/mol. The molecule has 0 unspecified atom stereocenters. The zero-order chi connectivity index (χ0) is 90.9. The predicted octanol–water partition coefficient (Wildman–Crippen LogP) is 5.56. The number of amides is 1. The largest absolute Gasteiger partial charge is 0.508 e. The lowest BCUT2D eigenvalue weighted by Gasteiger charge is -2.18. The number of fused-ring (bicyclic) bond motifs is 3. The number of aromatic carboxylic acids is 1. The third kappa shape index (κ3) is 46.2. The Bertz CT molecular complexity index is 4380. The highest BCUT2D eigenvalue weighted by atomic mass is 32.1. The number of hydrogen-bond donors (Lipinski definition) is 9. The molecule has 1 atom stereocenters. The van der Waals surface area contributed by atoms with Crippen LogP contribution in [0.2, 0.25) is 0 Å². The number of nitrogens with two attached hydrogens (primary N) is 1. The molecule has 708 valence electrons. The summed E-state index contributed by atoms with van der Waals surface area (Å²) in [5.41, 5.74) is 8.41. The number of anilines is 3. The van der Waals surface area contributed by atoms with Gasteiger partial charge in [-0.25, -0.2) is 19.6 Å². The van der Waals surface area contributed by atoms with E-state index in [2.05, 4.69) is 41.2 Å². The normalized spacial score (nSPS) is 11.8. The number of H-pyrrole nitrogens is 1. The van der Waals surface area contributed by atoms with Crippen LogP contribution in [0.5, 0.6) is 5.75 Å². The molecular weight excluding hydrogens is 1700 g/mol. The van der Waals surface area contributed by atoms with Gasteiger partial charge in [0.25, 0.3) is 11.5 Å². The van der Waals surface area contributed by atoms with Crippen LogP contribution in [0.3, 0.4) is 0 Å². The van der Waals surface area contributed by atoms with Crippen molar-refractivity contribution in [2.24, 2.45) is 0 Å². The summed E-state index contributed by atoms with van der Waals surface area (Å²) in [6, 6.07) is 18.7. The number of nitrogen functional groups attached to an aromatic ring is 1. The Labute approximate surface area is 747 Å². The molecule has 1 amide bonds. The number of nitrogens with one attached hydrogen (secondary N) is 5. The quantitative estimate of drug-likeness (QED) is 0.0128. The fourth-order valence-electron chi connectivity index (χ4n) is 11.7. The molecule has 0 fully saturated rings.